The molecule has 1 fully saturated rings. The third-order valence-electron chi connectivity index (χ3n) is 7.61. The molecular formula is C31H37N3O3S. The number of benzene rings is 2. The lowest BCUT2D eigenvalue weighted by molar-refractivity contribution is -0.117. The maximum Gasteiger partial charge on any atom is 0.341 e. The van der Waals surface area contributed by atoms with Crippen LogP contribution in [0.2, 0.25) is 0 Å². The van der Waals surface area contributed by atoms with Crippen molar-refractivity contribution in [3.05, 3.63) is 87.8 Å². The van der Waals surface area contributed by atoms with Crippen LogP contribution in [0.4, 0.5) is 5.00 Å². The van der Waals surface area contributed by atoms with E-state index in [1.807, 2.05) is 6.92 Å². The number of nitrogens with zero attached hydrogens (tertiary/aromatic N) is 2. The van der Waals surface area contributed by atoms with Crippen LogP contribution in [0.3, 0.4) is 0 Å². The molecule has 0 radical (unpaired) electrons. The first kappa shape index (κ1) is 26.6. The van der Waals surface area contributed by atoms with Gasteiger partial charge >= 0.3 is 5.97 Å². The van der Waals surface area contributed by atoms with E-state index in [0.29, 0.717) is 29.6 Å². The maximum atomic E-state index is 13.1. The second-order valence-corrected chi connectivity index (χ2v) is 11.5. The molecule has 38 heavy (non-hydrogen) atoms. The fourth-order valence-electron chi connectivity index (χ4n) is 5.69. The average Bonchev–Trinajstić information content (AvgIpc) is 3.28. The van der Waals surface area contributed by atoms with E-state index in [9.17, 15) is 9.59 Å². The van der Waals surface area contributed by atoms with Gasteiger partial charge in [0.25, 0.3) is 0 Å². The monoisotopic (exact) mass is 531 g/mol. The van der Waals surface area contributed by atoms with Crippen LogP contribution in [0.25, 0.3) is 0 Å². The van der Waals surface area contributed by atoms with Gasteiger partial charge in [0.05, 0.1) is 24.8 Å². The first-order chi connectivity index (χ1) is 18.5. The second kappa shape index (κ2) is 12.2. The maximum absolute atomic E-state index is 13.1. The Balaban J connectivity index is 1.24. The van der Waals surface area contributed by atoms with Crippen molar-refractivity contribution in [3.8, 4) is 0 Å². The first-order valence-corrected chi connectivity index (χ1v) is 14.5. The zero-order chi connectivity index (χ0) is 26.5. The number of rotatable bonds is 8. The number of hydrogen-bond acceptors (Lipinski definition) is 6. The van der Waals surface area contributed by atoms with Crippen LogP contribution in [0.15, 0.2) is 60.7 Å². The fraction of sp³-hybridized carbons (Fsp3) is 0.419. The third kappa shape index (κ3) is 6.01. The van der Waals surface area contributed by atoms with Gasteiger partial charge in [-0.3, -0.25) is 14.6 Å². The number of amides is 1. The predicted octanol–water partition coefficient (Wildman–Crippen LogP) is 5.40. The molecule has 6 nitrogen and oxygen atoms in total. The number of carbonyl (C=O) groups is 2. The van der Waals surface area contributed by atoms with Gasteiger partial charge in [-0.1, -0.05) is 67.6 Å². The Hall–Kier alpha value is -3.00. The molecule has 1 amide bonds. The average molecular weight is 532 g/mol. The van der Waals surface area contributed by atoms with E-state index < -0.39 is 0 Å². The summed E-state index contributed by atoms with van der Waals surface area (Å²) in [4.78, 5) is 31.9. The van der Waals surface area contributed by atoms with E-state index in [-0.39, 0.29) is 17.9 Å². The molecule has 1 aliphatic carbocycles. The number of carbonyl (C=O) groups excluding carboxylic acids is 2. The minimum absolute atomic E-state index is 0.0710. The molecule has 0 spiro atoms. The Morgan fingerprint density at radius 1 is 1.00 bits per heavy atom. The van der Waals surface area contributed by atoms with Crippen molar-refractivity contribution in [2.75, 3.05) is 44.6 Å². The number of anilines is 1. The van der Waals surface area contributed by atoms with Gasteiger partial charge in [-0.25, -0.2) is 4.79 Å². The molecule has 1 unspecified atom stereocenters. The van der Waals surface area contributed by atoms with Crippen LogP contribution in [0.5, 0.6) is 0 Å². The molecule has 2 heterocycles. The summed E-state index contributed by atoms with van der Waals surface area (Å²) in [6, 6.07) is 21.5. The number of thiophene rings is 1. The van der Waals surface area contributed by atoms with E-state index in [0.717, 1.165) is 51.0 Å². The summed E-state index contributed by atoms with van der Waals surface area (Å²) in [5, 5.41) is 3.73. The number of fused-ring (bicyclic) bond motifs is 1. The van der Waals surface area contributed by atoms with Crippen molar-refractivity contribution < 1.29 is 14.3 Å². The highest BCUT2D eigenvalue weighted by molar-refractivity contribution is 7.17. The summed E-state index contributed by atoms with van der Waals surface area (Å²) in [5.74, 6) is 0.196. The van der Waals surface area contributed by atoms with Gasteiger partial charge in [-0.15, -0.1) is 11.3 Å². The van der Waals surface area contributed by atoms with Crippen molar-refractivity contribution in [2.45, 2.75) is 39.2 Å². The summed E-state index contributed by atoms with van der Waals surface area (Å²) < 4.78 is 5.36. The number of nitrogens with one attached hydrogen (secondary N) is 1. The summed E-state index contributed by atoms with van der Waals surface area (Å²) in [5.41, 5.74) is 4.22. The van der Waals surface area contributed by atoms with Crippen molar-refractivity contribution in [3.63, 3.8) is 0 Å². The highest BCUT2D eigenvalue weighted by Crippen LogP contribution is 2.40. The Bertz CT molecular complexity index is 1200. The molecule has 1 aliphatic heterocycles. The topological polar surface area (TPSA) is 61.9 Å². The smallest absolute Gasteiger partial charge is 0.341 e. The minimum Gasteiger partial charge on any atom is -0.462 e. The highest BCUT2D eigenvalue weighted by Gasteiger charge is 2.30. The van der Waals surface area contributed by atoms with E-state index >= 15 is 0 Å². The Morgan fingerprint density at radius 2 is 1.63 bits per heavy atom. The largest absolute Gasteiger partial charge is 0.462 e. The molecule has 2 aromatic carbocycles. The fourth-order valence-corrected chi connectivity index (χ4v) is 7.11. The third-order valence-corrected chi connectivity index (χ3v) is 8.78. The Kier molecular flexibility index (Phi) is 8.57. The lowest BCUT2D eigenvalue weighted by Crippen LogP contribution is -2.49. The molecule has 1 N–H and O–H groups in total. The summed E-state index contributed by atoms with van der Waals surface area (Å²) in [6.45, 7) is 8.07. The lowest BCUT2D eigenvalue weighted by Gasteiger charge is -2.39. The standard InChI is InChI=1S/C31H37N3O3S/c1-3-37-31(36)28-25-15-14-22(2)20-26(25)38-30(28)32-27(35)21-33-16-18-34(19-17-33)29(23-10-6-4-7-11-23)24-12-8-5-9-13-24/h4-13,22,29H,3,14-21H2,1-2H3,(H,32,35). The molecule has 1 aromatic heterocycles. The van der Waals surface area contributed by atoms with Gasteiger partial charge in [0.2, 0.25) is 5.91 Å². The van der Waals surface area contributed by atoms with E-state index in [1.165, 1.54) is 16.0 Å². The zero-order valence-corrected chi connectivity index (χ0v) is 23.1. The van der Waals surface area contributed by atoms with Crippen LogP contribution < -0.4 is 5.32 Å². The SMILES string of the molecule is CCOC(=O)c1c(NC(=O)CN2CCN(C(c3ccccc3)c3ccccc3)CC2)sc2c1CCC(C)C2. The van der Waals surface area contributed by atoms with Crippen molar-refractivity contribution in [1.29, 1.82) is 0 Å². The molecule has 1 atom stereocenters. The number of piperazine rings is 1. The van der Waals surface area contributed by atoms with E-state index in [4.69, 9.17) is 4.74 Å². The van der Waals surface area contributed by atoms with Crippen molar-refractivity contribution in [1.82, 2.24) is 9.80 Å². The zero-order valence-electron chi connectivity index (χ0n) is 22.3. The van der Waals surface area contributed by atoms with Crippen LogP contribution >= 0.6 is 11.3 Å². The van der Waals surface area contributed by atoms with Crippen LogP contribution in [-0.4, -0.2) is 61.0 Å². The number of hydrogen-bond donors (Lipinski definition) is 1. The van der Waals surface area contributed by atoms with Crippen LogP contribution in [-0.2, 0) is 22.4 Å². The van der Waals surface area contributed by atoms with Gasteiger partial charge in [-0.2, -0.15) is 0 Å². The highest BCUT2D eigenvalue weighted by atomic mass is 32.1. The molecule has 0 saturated carbocycles. The molecule has 0 bridgehead atoms. The minimum atomic E-state index is -0.323. The lowest BCUT2D eigenvalue weighted by atomic mass is 9.88. The molecule has 1 saturated heterocycles. The van der Waals surface area contributed by atoms with Gasteiger partial charge in [0.1, 0.15) is 5.00 Å². The first-order valence-electron chi connectivity index (χ1n) is 13.7. The Labute approximate surface area is 229 Å². The molecule has 2 aliphatic rings. The predicted molar refractivity (Wildman–Crippen MR) is 153 cm³/mol. The van der Waals surface area contributed by atoms with E-state index in [1.54, 1.807) is 11.3 Å². The van der Waals surface area contributed by atoms with Gasteiger partial charge in [-0.05, 0) is 48.8 Å². The summed E-state index contributed by atoms with van der Waals surface area (Å²) >= 11 is 1.55. The molecular weight excluding hydrogens is 494 g/mol. The Morgan fingerprint density at radius 3 is 2.24 bits per heavy atom. The second-order valence-electron chi connectivity index (χ2n) is 10.4. The summed E-state index contributed by atoms with van der Waals surface area (Å²) in [6.07, 6.45) is 2.87. The molecule has 5 rings (SSSR count). The molecule has 7 heteroatoms. The summed E-state index contributed by atoms with van der Waals surface area (Å²) in [7, 11) is 0. The normalized spacial score (nSPS) is 18.2. The molecule has 200 valence electrons. The van der Waals surface area contributed by atoms with Crippen LogP contribution in [0.1, 0.15) is 58.2 Å². The van der Waals surface area contributed by atoms with Gasteiger partial charge in [0.15, 0.2) is 0 Å². The van der Waals surface area contributed by atoms with Crippen molar-refractivity contribution >= 4 is 28.2 Å². The van der Waals surface area contributed by atoms with E-state index in [2.05, 4.69) is 82.7 Å². The quantitative estimate of drug-likeness (QED) is 0.395. The van der Waals surface area contributed by atoms with Gasteiger partial charge in [0, 0.05) is 31.1 Å². The van der Waals surface area contributed by atoms with Crippen LogP contribution in [0, 0.1) is 5.92 Å². The van der Waals surface area contributed by atoms with Gasteiger partial charge < -0.3 is 10.1 Å². The van der Waals surface area contributed by atoms with Crippen molar-refractivity contribution in [2.24, 2.45) is 5.92 Å². The number of esters is 1. The number of ether oxygens (including phenoxy) is 1. The molecule has 3 aromatic rings.